The lowest BCUT2D eigenvalue weighted by Gasteiger charge is -2.19. The summed E-state index contributed by atoms with van der Waals surface area (Å²) >= 11 is 5.42. The summed E-state index contributed by atoms with van der Waals surface area (Å²) in [6.07, 6.45) is 3.54. The Bertz CT molecular complexity index is 766. The second-order valence-electron chi connectivity index (χ2n) is 5.64. The van der Waals surface area contributed by atoms with Gasteiger partial charge in [0, 0.05) is 13.1 Å². The van der Waals surface area contributed by atoms with Gasteiger partial charge in [-0.3, -0.25) is 4.90 Å². The van der Waals surface area contributed by atoms with Crippen LogP contribution in [0.1, 0.15) is 11.1 Å². The van der Waals surface area contributed by atoms with Gasteiger partial charge in [-0.2, -0.15) is 5.10 Å². The molecule has 0 saturated carbocycles. The maximum absolute atomic E-state index is 5.42. The summed E-state index contributed by atoms with van der Waals surface area (Å²) in [4.78, 5) is 2.15. The van der Waals surface area contributed by atoms with E-state index in [1.807, 2.05) is 23.7 Å². The lowest BCUT2D eigenvalue weighted by molar-refractivity contribution is 0.243. The van der Waals surface area contributed by atoms with E-state index in [-0.39, 0.29) is 0 Å². The molecule has 1 aromatic heterocycles. The molecule has 2 rings (SSSR count). The van der Waals surface area contributed by atoms with Crippen molar-refractivity contribution in [2.24, 2.45) is 0 Å². The Morgan fingerprint density at radius 1 is 1.29 bits per heavy atom. The molecule has 0 saturated heterocycles. The van der Waals surface area contributed by atoms with E-state index in [0.29, 0.717) is 18.0 Å². The Balaban J connectivity index is 2.14. The Morgan fingerprint density at radius 2 is 1.96 bits per heavy atom. The molecule has 0 aliphatic heterocycles. The van der Waals surface area contributed by atoms with Gasteiger partial charge in [0.25, 0.3) is 0 Å². The minimum absolute atomic E-state index is 0.608. The van der Waals surface area contributed by atoms with E-state index in [0.717, 1.165) is 23.6 Å². The third-order valence-electron chi connectivity index (χ3n) is 3.78. The van der Waals surface area contributed by atoms with Gasteiger partial charge in [0.05, 0.1) is 20.9 Å². The highest BCUT2D eigenvalue weighted by Crippen LogP contribution is 2.30. The number of nitrogens with zero attached hydrogens (tertiary/aromatic N) is 4. The molecule has 6 nitrogen and oxygen atoms in total. The molecule has 0 aliphatic rings. The molecule has 0 unspecified atom stereocenters. The number of hydrogen-bond acceptors (Lipinski definition) is 5. The second kappa shape index (κ2) is 8.12. The van der Waals surface area contributed by atoms with Gasteiger partial charge in [0.1, 0.15) is 6.33 Å². The lowest BCUT2D eigenvalue weighted by atomic mass is 10.1. The highest BCUT2D eigenvalue weighted by atomic mass is 32.1. The molecule has 0 radical (unpaired) electrons. The minimum Gasteiger partial charge on any atom is -0.493 e. The lowest BCUT2D eigenvalue weighted by Crippen LogP contribution is -2.23. The van der Waals surface area contributed by atoms with Crippen LogP contribution in [0.4, 0.5) is 0 Å². The Hall–Kier alpha value is -2.12. The topological polar surface area (TPSA) is 44.5 Å². The Labute approximate surface area is 147 Å². The SMILES string of the molecule is C=CCn1cnn(CN(C)Cc2cc(OC)c(OC)cc2C)c1=S. The Morgan fingerprint density at radius 3 is 2.58 bits per heavy atom. The number of hydrogen-bond donors (Lipinski definition) is 0. The predicted molar refractivity (Wildman–Crippen MR) is 97.0 cm³/mol. The first-order chi connectivity index (χ1) is 11.5. The van der Waals surface area contributed by atoms with E-state index >= 15 is 0 Å². The van der Waals surface area contributed by atoms with Crippen LogP contribution in [-0.4, -0.2) is 40.5 Å². The molecule has 0 aliphatic carbocycles. The van der Waals surface area contributed by atoms with Crippen molar-refractivity contribution in [3.8, 4) is 11.5 Å². The van der Waals surface area contributed by atoms with Crippen molar-refractivity contribution < 1.29 is 9.47 Å². The van der Waals surface area contributed by atoms with Crippen molar-refractivity contribution in [1.82, 2.24) is 19.2 Å². The van der Waals surface area contributed by atoms with Crippen LogP contribution in [0, 0.1) is 11.7 Å². The zero-order valence-electron chi connectivity index (χ0n) is 14.7. The number of aromatic nitrogens is 3. The number of allylic oxidation sites excluding steroid dienone is 1. The highest BCUT2D eigenvalue weighted by Gasteiger charge is 2.11. The van der Waals surface area contributed by atoms with Crippen molar-refractivity contribution in [3.63, 3.8) is 0 Å². The first-order valence-electron chi connectivity index (χ1n) is 7.63. The molecular weight excluding hydrogens is 324 g/mol. The van der Waals surface area contributed by atoms with Crippen molar-refractivity contribution in [2.75, 3.05) is 21.3 Å². The summed E-state index contributed by atoms with van der Waals surface area (Å²) < 4.78 is 15.1. The molecule has 0 bridgehead atoms. The summed E-state index contributed by atoms with van der Waals surface area (Å²) in [6.45, 7) is 7.82. The van der Waals surface area contributed by atoms with Gasteiger partial charge in [-0.1, -0.05) is 6.08 Å². The van der Waals surface area contributed by atoms with E-state index < -0.39 is 0 Å². The summed E-state index contributed by atoms with van der Waals surface area (Å²) in [5, 5.41) is 4.34. The molecule has 0 spiro atoms. The van der Waals surface area contributed by atoms with Crippen molar-refractivity contribution in [2.45, 2.75) is 26.7 Å². The monoisotopic (exact) mass is 348 g/mol. The fourth-order valence-corrected chi connectivity index (χ4v) is 2.72. The molecule has 0 atom stereocenters. The number of benzene rings is 1. The van der Waals surface area contributed by atoms with Crippen LogP contribution < -0.4 is 9.47 Å². The van der Waals surface area contributed by atoms with Crippen molar-refractivity contribution in [3.05, 3.63) is 47.0 Å². The fourth-order valence-electron chi connectivity index (χ4n) is 2.50. The van der Waals surface area contributed by atoms with Gasteiger partial charge in [-0.05, 0) is 49.4 Å². The first-order valence-corrected chi connectivity index (χ1v) is 8.04. The van der Waals surface area contributed by atoms with Gasteiger partial charge >= 0.3 is 0 Å². The van der Waals surface area contributed by atoms with Crippen LogP contribution in [0.25, 0.3) is 0 Å². The van der Waals surface area contributed by atoms with Crippen LogP contribution in [0.3, 0.4) is 0 Å². The fraction of sp³-hybridized carbons (Fsp3) is 0.412. The van der Waals surface area contributed by atoms with Crippen LogP contribution in [0.5, 0.6) is 11.5 Å². The van der Waals surface area contributed by atoms with Gasteiger partial charge < -0.3 is 14.0 Å². The average molecular weight is 348 g/mol. The number of rotatable bonds is 8. The van der Waals surface area contributed by atoms with Crippen LogP contribution in [0.2, 0.25) is 0 Å². The molecule has 1 heterocycles. The van der Waals surface area contributed by atoms with E-state index in [4.69, 9.17) is 21.7 Å². The average Bonchev–Trinajstić information content (AvgIpc) is 2.90. The van der Waals surface area contributed by atoms with E-state index in [9.17, 15) is 0 Å². The standard InChI is InChI=1S/C17H24N4O2S/c1-6-7-20-11-18-21(17(20)24)12-19(3)10-14-9-16(23-5)15(22-4)8-13(14)2/h6,8-9,11H,1,7,10,12H2,2-5H3. The van der Waals surface area contributed by atoms with Crippen molar-refractivity contribution >= 4 is 12.2 Å². The maximum atomic E-state index is 5.42. The quantitative estimate of drug-likeness (QED) is 0.542. The molecule has 0 amide bonds. The van der Waals surface area contributed by atoms with Gasteiger partial charge in [0.2, 0.25) is 0 Å². The summed E-state index contributed by atoms with van der Waals surface area (Å²) in [6, 6.07) is 4.01. The molecule has 130 valence electrons. The zero-order chi connectivity index (χ0) is 17.7. The second-order valence-corrected chi connectivity index (χ2v) is 6.01. The number of methoxy groups -OCH3 is 2. The molecule has 1 aromatic carbocycles. The minimum atomic E-state index is 0.608. The maximum Gasteiger partial charge on any atom is 0.199 e. The van der Waals surface area contributed by atoms with Crippen LogP contribution in [0.15, 0.2) is 31.1 Å². The first kappa shape index (κ1) is 18.2. The predicted octanol–water partition coefficient (Wildman–Crippen LogP) is 3.02. The summed E-state index contributed by atoms with van der Waals surface area (Å²) in [5.41, 5.74) is 2.33. The smallest absolute Gasteiger partial charge is 0.199 e. The van der Waals surface area contributed by atoms with Crippen LogP contribution >= 0.6 is 12.2 Å². The van der Waals surface area contributed by atoms with Crippen LogP contribution in [-0.2, 0) is 19.8 Å². The Kier molecular flexibility index (Phi) is 6.16. The van der Waals surface area contributed by atoms with E-state index in [1.54, 1.807) is 31.3 Å². The van der Waals surface area contributed by atoms with Crippen molar-refractivity contribution in [1.29, 1.82) is 0 Å². The van der Waals surface area contributed by atoms with Gasteiger partial charge in [0.15, 0.2) is 16.3 Å². The normalized spacial score (nSPS) is 10.9. The molecule has 7 heteroatoms. The largest absolute Gasteiger partial charge is 0.493 e. The highest BCUT2D eigenvalue weighted by molar-refractivity contribution is 7.71. The summed E-state index contributed by atoms with van der Waals surface area (Å²) in [5.74, 6) is 1.48. The molecule has 0 N–H and O–H groups in total. The molecule has 0 fully saturated rings. The number of ether oxygens (including phenoxy) is 2. The molecule has 2 aromatic rings. The van der Waals surface area contributed by atoms with Gasteiger partial charge in [-0.15, -0.1) is 6.58 Å². The van der Waals surface area contributed by atoms with E-state index in [1.165, 1.54) is 5.56 Å². The summed E-state index contributed by atoms with van der Waals surface area (Å²) in [7, 11) is 5.32. The zero-order valence-corrected chi connectivity index (χ0v) is 15.5. The third kappa shape index (κ3) is 4.04. The third-order valence-corrected chi connectivity index (χ3v) is 4.23. The number of aryl methyl sites for hydroxylation is 1. The molecule has 24 heavy (non-hydrogen) atoms. The van der Waals surface area contributed by atoms with Gasteiger partial charge in [-0.25, -0.2) is 4.68 Å². The van der Waals surface area contributed by atoms with E-state index in [2.05, 4.69) is 23.5 Å². The molecular formula is C17H24N4O2S.